The maximum atomic E-state index is 12.2. The third kappa shape index (κ3) is 3.33. The second kappa shape index (κ2) is 6.78. The summed E-state index contributed by atoms with van der Waals surface area (Å²) in [5, 5.41) is 3.68. The Morgan fingerprint density at radius 1 is 1.20 bits per heavy atom. The van der Waals surface area contributed by atoms with E-state index in [9.17, 15) is 4.79 Å². The molecule has 5 nitrogen and oxygen atoms in total. The third-order valence-electron chi connectivity index (χ3n) is 3.56. The van der Waals surface area contributed by atoms with Gasteiger partial charge in [-0.1, -0.05) is 19.1 Å². The highest BCUT2D eigenvalue weighted by Crippen LogP contribution is 2.31. The molecule has 4 rings (SSSR count). The number of esters is 1. The lowest BCUT2D eigenvalue weighted by Gasteiger charge is -1.99. The van der Waals surface area contributed by atoms with Crippen molar-refractivity contribution in [3.05, 3.63) is 58.2 Å². The number of benzene rings is 1. The summed E-state index contributed by atoms with van der Waals surface area (Å²) in [5.41, 5.74) is 1.67. The van der Waals surface area contributed by atoms with Crippen molar-refractivity contribution in [2.45, 2.75) is 20.0 Å². The molecule has 7 heteroatoms. The molecule has 0 atom stereocenters. The van der Waals surface area contributed by atoms with Gasteiger partial charge in [-0.2, -0.15) is 0 Å². The van der Waals surface area contributed by atoms with Crippen LogP contribution in [0.5, 0.6) is 0 Å². The van der Waals surface area contributed by atoms with Crippen LogP contribution in [0, 0.1) is 0 Å². The molecule has 0 aliphatic heterocycles. The molecule has 3 aromatic heterocycles. The Labute approximate surface area is 151 Å². The number of hydrogen-bond acceptors (Lipinski definition) is 7. The fourth-order valence-electron chi connectivity index (χ4n) is 2.33. The summed E-state index contributed by atoms with van der Waals surface area (Å²) in [4.78, 5) is 21.1. The van der Waals surface area contributed by atoms with Crippen molar-refractivity contribution in [1.82, 2.24) is 9.97 Å². The minimum atomic E-state index is -0.501. The van der Waals surface area contributed by atoms with Gasteiger partial charge in [0.1, 0.15) is 6.61 Å². The zero-order chi connectivity index (χ0) is 17.2. The molecular weight excluding hydrogens is 356 g/mol. The molecular formula is C18H14N2O3S2. The molecule has 0 fully saturated rings. The number of para-hydroxylation sites is 1. The fourth-order valence-corrected chi connectivity index (χ4v) is 3.99. The van der Waals surface area contributed by atoms with Crippen LogP contribution in [0.25, 0.3) is 21.0 Å². The number of nitrogens with zero attached hydrogens (tertiary/aromatic N) is 2. The lowest BCUT2D eigenvalue weighted by atomic mass is 10.3. The van der Waals surface area contributed by atoms with Gasteiger partial charge >= 0.3 is 5.97 Å². The Bertz CT molecular complexity index is 999. The summed E-state index contributed by atoms with van der Waals surface area (Å²) < 4.78 is 12.0. The van der Waals surface area contributed by atoms with E-state index in [1.807, 2.05) is 36.6 Å². The highest BCUT2D eigenvalue weighted by atomic mass is 32.1. The van der Waals surface area contributed by atoms with E-state index in [1.165, 1.54) is 11.3 Å². The van der Waals surface area contributed by atoms with Crippen molar-refractivity contribution in [1.29, 1.82) is 0 Å². The molecule has 25 heavy (non-hydrogen) atoms. The van der Waals surface area contributed by atoms with Gasteiger partial charge in [0.2, 0.25) is 5.76 Å². The van der Waals surface area contributed by atoms with E-state index >= 15 is 0 Å². The molecule has 0 spiro atoms. The van der Waals surface area contributed by atoms with E-state index < -0.39 is 5.97 Å². The topological polar surface area (TPSA) is 65.2 Å². The molecule has 0 N–H and O–H groups in total. The van der Waals surface area contributed by atoms with Crippen LogP contribution >= 0.6 is 22.7 Å². The van der Waals surface area contributed by atoms with Crippen LogP contribution in [0.4, 0.5) is 0 Å². The van der Waals surface area contributed by atoms with Crippen LogP contribution in [-0.4, -0.2) is 15.9 Å². The average molecular weight is 370 g/mol. The SMILES string of the molecule is CCc1nc(COC(=O)c2ccc(-c3nc4ccccc4s3)o2)cs1. The van der Waals surface area contributed by atoms with E-state index in [1.54, 1.807) is 23.5 Å². The molecule has 0 aliphatic rings. The van der Waals surface area contributed by atoms with Gasteiger partial charge in [0, 0.05) is 5.38 Å². The summed E-state index contributed by atoms with van der Waals surface area (Å²) in [5.74, 6) is 0.230. The predicted octanol–water partition coefficient (Wildman–Crippen LogP) is 4.93. The van der Waals surface area contributed by atoms with Crippen molar-refractivity contribution >= 4 is 38.9 Å². The molecule has 1 aromatic carbocycles. The van der Waals surface area contributed by atoms with Crippen molar-refractivity contribution < 1.29 is 13.9 Å². The van der Waals surface area contributed by atoms with Crippen LogP contribution in [0.1, 0.15) is 28.2 Å². The molecule has 0 aliphatic carbocycles. The van der Waals surface area contributed by atoms with Crippen LogP contribution in [0.15, 0.2) is 46.2 Å². The third-order valence-corrected chi connectivity index (χ3v) is 5.66. The Hall–Kier alpha value is -2.51. The standard InChI is InChI=1S/C18H14N2O3S2/c1-2-16-19-11(10-24-16)9-22-18(21)14-8-7-13(23-14)17-20-12-5-3-4-6-15(12)25-17/h3-8,10H,2,9H2,1H3. The number of rotatable bonds is 5. The van der Waals surface area contributed by atoms with Crippen molar-refractivity contribution in [3.8, 4) is 10.8 Å². The van der Waals surface area contributed by atoms with E-state index in [4.69, 9.17) is 9.15 Å². The highest BCUT2D eigenvalue weighted by Gasteiger charge is 2.16. The molecule has 0 saturated heterocycles. The number of hydrogen-bond donors (Lipinski definition) is 0. The quantitative estimate of drug-likeness (QED) is 0.466. The van der Waals surface area contributed by atoms with Gasteiger partial charge in [0.25, 0.3) is 0 Å². The number of fused-ring (bicyclic) bond motifs is 1. The largest absolute Gasteiger partial charge is 0.453 e. The van der Waals surface area contributed by atoms with E-state index in [2.05, 4.69) is 9.97 Å². The molecule has 0 unspecified atom stereocenters. The Morgan fingerprint density at radius 2 is 2.08 bits per heavy atom. The minimum absolute atomic E-state index is 0.145. The molecule has 0 amide bonds. The number of thiazole rings is 2. The lowest BCUT2D eigenvalue weighted by molar-refractivity contribution is 0.0432. The first-order valence-electron chi connectivity index (χ1n) is 7.79. The van der Waals surface area contributed by atoms with Crippen molar-refractivity contribution in [2.75, 3.05) is 0 Å². The van der Waals surface area contributed by atoms with Gasteiger partial charge in [-0.15, -0.1) is 22.7 Å². The number of aromatic nitrogens is 2. The molecule has 126 valence electrons. The second-order valence-electron chi connectivity index (χ2n) is 5.31. The number of carbonyl (C=O) groups is 1. The first kappa shape index (κ1) is 16.0. The van der Waals surface area contributed by atoms with E-state index in [0.29, 0.717) is 5.76 Å². The summed E-state index contributed by atoms with van der Waals surface area (Å²) in [6.45, 7) is 2.19. The highest BCUT2D eigenvalue weighted by molar-refractivity contribution is 7.21. The molecule has 0 saturated carbocycles. The maximum absolute atomic E-state index is 12.2. The Balaban J connectivity index is 1.47. The number of aryl methyl sites for hydroxylation is 1. The van der Waals surface area contributed by atoms with Crippen LogP contribution in [0.3, 0.4) is 0 Å². The summed E-state index contributed by atoms with van der Waals surface area (Å²) in [7, 11) is 0. The van der Waals surface area contributed by atoms with Crippen LogP contribution in [0.2, 0.25) is 0 Å². The Kier molecular flexibility index (Phi) is 4.33. The summed E-state index contributed by atoms with van der Waals surface area (Å²) in [6, 6.07) is 11.2. The van der Waals surface area contributed by atoms with Gasteiger partial charge in [0.15, 0.2) is 10.8 Å². The second-order valence-corrected chi connectivity index (χ2v) is 7.29. The van der Waals surface area contributed by atoms with E-state index in [-0.39, 0.29) is 12.4 Å². The normalized spacial score (nSPS) is 11.1. The van der Waals surface area contributed by atoms with E-state index in [0.717, 1.165) is 32.3 Å². The molecule has 3 heterocycles. The monoisotopic (exact) mass is 370 g/mol. The van der Waals surface area contributed by atoms with Gasteiger partial charge in [0.05, 0.1) is 20.9 Å². The van der Waals surface area contributed by atoms with Crippen molar-refractivity contribution in [2.24, 2.45) is 0 Å². The number of furan rings is 1. The zero-order valence-electron chi connectivity index (χ0n) is 13.4. The summed E-state index contributed by atoms with van der Waals surface area (Å²) >= 11 is 3.09. The molecule has 4 aromatic rings. The first-order valence-corrected chi connectivity index (χ1v) is 9.48. The molecule has 0 bridgehead atoms. The number of carbonyl (C=O) groups excluding carboxylic acids is 1. The van der Waals surface area contributed by atoms with Crippen LogP contribution in [-0.2, 0) is 17.8 Å². The van der Waals surface area contributed by atoms with Crippen LogP contribution < -0.4 is 0 Å². The average Bonchev–Trinajstić information content (AvgIpc) is 3.37. The van der Waals surface area contributed by atoms with Crippen molar-refractivity contribution in [3.63, 3.8) is 0 Å². The first-order chi connectivity index (χ1) is 12.2. The Morgan fingerprint density at radius 3 is 2.88 bits per heavy atom. The lowest BCUT2D eigenvalue weighted by Crippen LogP contribution is -2.04. The minimum Gasteiger partial charge on any atom is -0.453 e. The van der Waals surface area contributed by atoms with Gasteiger partial charge < -0.3 is 9.15 Å². The van der Waals surface area contributed by atoms with Gasteiger partial charge in [-0.3, -0.25) is 0 Å². The predicted molar refractivity (Wildman–Crippen MR) is 97.9 cm³/mol. The molecule has 0 radical (unpaired) electrons. The number of ether oxygens (including phenoxy) is 1. The fraction of sp³-hybridized carbons (Fsp3) is 0.167. The zero-order valence-corrected chi connectivity index (χ0v) is 15.0. The van der Waals surface area contributed by atoms with Gasteiger partial charge in [-0.25, -0.2) is 14.8 Å². The smallest absolute Gasteiger partial charge is 0.374 e. The van der Waals surface area contributed by atoms with Gasteiger partial charge in [-0.05, 0) is 30.7 Å². The summed E-state index contributed by atoms with van der Waals surface area (Å²) in [6.07, 6.45) is 0.877. The maximum Gasteiger partial charge on any atom is 0.374 e.